The second kappa shape index (κ2) is 6.39. The Morgan fingerprint density at radius 3 is 2.89 bits per heavy atom. The Balaban J connectivity index is 1.40. The number of hydrogen-bond acceptors (Lipinski definition) is 3. The Morgan fingerprint density at radius 1 is 1.15 bits per heavy atom. The van der Waals surface area contributed by atoms with Crippen molar-refractivity contribution in [3.05, 3.63) is 71.8 Å². The van der Waals surface area contributed by atoms with Crippen LogP contribution >= 0.6 is 0 Å². The number of fused-ring (bicyclic) bond motifs is 3. The molecule has 1 atom stereocenters. The molecule has 4 aromatic rings. The van der Waals surface area contributed by atoms with Crippen molar-refractivity contribution >= 4 is 16.8 Å². The number of pyridine rings is 1. The highest BCUT2D eigenvalue weighted by atomic mass is 16.2. The number of hydrogen-bond donors (Lipinski definition) is 3. The van der Waals surface area contributed by atoms with Gasteiger partial charge in [0.25, 0.3) is 5.91 Å². The van der Waals surface area contributed by atoms with E-state index in [2.05, 4.69) is 43.7 Å². The van der Waals surface area contributed by atoms with Crippen molar-refractivity contribution in [3.63, 3.8) is 0 Å². The molecule has 1 aliphatic rings. The third kappa shape index (κ3) is 2.79. The maximum atomic E-state index is 12.8. The van der Waals surface area contributed by atoms with E-state index in [1.807, 2.05) is 18.2 Å². The zero-order valence-electron chi connectivity index (χ0n) is 14.7. The molecule has 0 aliphatic heterocycles. The van der Waals surface area contributed by atoms with E-state index >= 15 is 0 Å². The highest BCUT2D eigenvalue weighted by Gasteiger charge is 2.26. The fraction of sp³-hybridized carbons (Fsp3) is 0.190. The quantitative estimate of drug-likeness (QED) is 0.522. The van der Waals surface area contributed by atoms with Crippen LogP contribution < -0.4 is 5.32 Å². The van der Waals surface area contributed by atoms with Crippen LogP contribution in [0.5, 0.6) is 0 Å². The average Bonchev–Trinajstić information content (AvgIpc) is 3.35. The number of para-hydroxylation sites is 1. The lowest BCUT2D eigenvalue weighted by molar-refractivity contribution is 0.0927. The van der Waals surface area contributed by atoms with Crippen molar-refractivity contribution in [1.29, 1.82) is 0 Å². The van der Waals surface area contributed by atoms with Gasteiger partial charge in [-0.15, -0.1) is 0 Å². The van der Waals surface area contributed by atoms with Crippen LogP contribution in [0.25, 0.3) is 22.2 Å². The fourth-order valence-corrected chi connectivity index (χ4v) is 3.90. The Kier molecular flexibility index (Phi) is 3.74. The average molecular weight is 357 g/mol. The van der Waals surface area contributed by atoms with Crippen LogP contribution in [0.15, 0.2) is 54.9 Å². The summed E-state index contributed by atoms with van der Waals surface area (Å²) in [6, 6.07) is 13.8. The first-order chi connectivity index (χ1) is 13.3. The van der Waals surface area contributed by atoms with Crippen LogP contribution in [0.4, 0.5) is 0 Å². The number of nitrogens with zero attached hydrogens (tertiary/aromatic N) is 2. The van der Waals surface area contributed by atoms with Crippen molar-refractivity contribution in [2.75, 3.05) is 0 Å². The number of H-pyrrole nitrogens is 2. The van der Waals surface area contributed by atoms with Gasteiger partial charge in [0.2, 0.25) is 0 Å². The number of benzene rings is 1. The molecular weight excluding hydrogens is 338 g/mol. The van der Waals surface area contributed by atoms with Crippen LogP contribution in [0.2, 0.25) is 0 Å². The molecular formula is C21H19N5O. The monoisotopic (exact) mass is 357 g/mol. The van der Waals surface area contributed by atoms with Gasteiger partial charge < -0.3 is 10.3 Å². The lowest BCUT2D eigenvalue weighted by atomic mass is 9.91. The topological polar surface area (TPSA) is 86.5 Å². The van der Waals surface area contributed by atoms with Crippen molar-refractivity contribution in [2.24, 2.45) is 0 Å². The molecule has 3 N–H and O–H groups in total. The third-order valence-corrected chi connectivity index (χ3v) is 5.22. The lowest BCUT2D eigenvalue weighted by Gasteiger charge is -2.23. The minimum Gasteiger partial charge on any atom is -0.356 e. The molecule has 0 radical (unpaired) electrons. The summed E-state index contributed by atoms with van der Waals surface area (Å²) in [5.41, 5.74) is 5.71. The summed E-state index contributed by atoms with van der Waals surface area (Å²) in [7, 11) is 0. The fourth-order valence-electron chi connectivity index (χ4n) is 3.90. The summed E-state index contributed by atoms with van der Waals surface area (Å²) < 4.78 is 0. The van der Waals surface area contributed by atoms with Gasteiger partial charge in [-0.1, -0.05) is 18.2 Å². The zero-order valence-corrected chi connectivity index (χ0v) is 14.7. The minimum absolute atomic E-state index is 0.0127. The molecule has 0 saturated carbocycles. The lowest BCUT2D eigenvalue weighted by Crippen LogP contribution is -2.31. The Labute approximate surface area is 156 Å². The standard InChI is InChI=1S/C21H19N5O/c27-21(19-12-18(25-26-19)13-8-10-22-11-9-13)24-17-7-3-5-15-14-4-1-2-6-16(14)23-20(15)17/h1-2,4,6,8-12,17,23H,3,5,7H2,(H,24,27)(H,25,26)/t17-/m1/s1. The molecule has 3 heterocycles. The van der Waals surface area contributed by atoms with Crippen molar-refractivity contribution in [1.82, 2.24) is 25.5 Å². The Bertz CT molecular complexity index is 1110. The van der Waals surface area contributed by atoms with E-state index in [1.54, 1.807) is 18.5 Å². The molecule has 0 fully saturated rings. The molecule has 6 heteroatoms. The number of carbonyl (C=O) groups excluding carboxylic acids is 1. The van der Waals surface area contributed by atoms with E-state index in [9.17, 15) is 4.79 Å². The van der Waals surface area contributed by atoms with Gasteiger partial charge in [0, 0.05) is 34.6 Å². The first kappa shape index (κ1) is 15.8. The van der Waals surface area contributed by atoms with Crippen molar-refractivity contribution in [3.8, 4) is 11.3 Å². The Morgan fingerprint density at radius 2 is 2.00 bits per heavy atom. The molecule has 1 amide bonds. The van der Waals surface area contributed by atoms with Crippen molar-refractivity contribution in [2.45, 2.75) is 25.3 Å². The number of aromatic nitrogens is 4. The van der Waals surface area contributed by atoms with Gasteiger partial charge in [-0.05, 0) is 49.1 Å². The number of nitrogens with one attached hydrogen (secondary N) is 3. The Hall–Kier alpha value is -3.41. The maximum Gasteiger partial charge on any atom is 0.269 e. The predicted molar refractivity (Wildman–Crippen MR) is 103 cm³/mol. The number of rotatable bonds is 3. The molecule has 0 bridgehead atoms. The second-order valence-corrected chi connectivity index (χ2v) is 6.88. The van der Waals surface area contributed by atoms with Gasteiger partial charge in [0.15, 0.2) is 0 Å². The smallest absolute Gasteiger partial charge is 0.269 e. The third-order valence-electron chi connectivity index (χ3n) is 5.22. The molecule has 5 rings (SSSR count). The SMILES string of the molecule is O=C(N[C@@H]1CCCc2c1[nH]c1ccccc21)c1cc(-c2ccncc2)n[nH]1. The zero-order chi connectivity index (χ0) is 18.2. The van der Waals surface area contributed by atoms with E-state index in [4.69, 9.17) is 0 Å². The normalized spacial score (nSPS) is 16.2. The molecule has 1 aliphatic carbocycles. The highest BCUT2D eigenvalue weighted by molar-refractivity contribution is 5.94. The summed E-state index contributed by atoms with van der Waals surface area (Å²) >= 11 is 0. The minimum atomic E-state index is -0.140. The van der Waals surface area contributed by atoms with E-state index in [-0.39, 0.29) is 11.9 Å². The molecule has 0 saturated heterocycles. The van der Waals surface area contributed by atoms with Crippen LogP contribution in [0.3, 0.4) is 0 Å². The summed E-state index contributed by atoms with van der Waals surface area (Å²) in [4.78, 5) is 20.3. The van der Waals surface area contributed by atoms with Gasteiger partial charge in [-0.3, -0.25) is 14.9 Å². The maximum absolute atomic E-state index is 12.8. The van der Waals surface area contributed by atoms with Gasteiger partial charge in [0.1, 0.15) is 5.69 Å². The number of aromatic amines is 2. The summed E-state index contributed by atoms with van der Waals surface area (Å²) in [6.45, 7) is 0. The van der Waals surface area contributed by atoms with E-state index < -0.39 is 0 Å². The molecule has 0 unspecified atom stereocenters. The molecule has 6 nitrogen and oxygen atoms in total. The second-order valence-electron chi connectivity index (χ2n) is 6.88. The largest absolute Gasteiger partial charge is 0.356 e. The first-order valence-corrected chi connectivity index (χ1v) is 9.16. The molecule has 3 aromatic heterocycles. The van der Waals surface area contributed by atoms with Gasteiger partial charge in [-0.25, -0.2) is 0 Å². The van der Waals surface area contributed by atoms with Crippen molar-refractivity contribution < 1.29 is 4.79 Å². The molecule has 0 spiro atoms. The van der Waals surface area contributed by atoms with Crippen LogP contribution in [-0.2, 0) is 6.42 Å². The van der Waals surface area contributed by atoms with Gasteiger partial charge in [0.05, 0.1) is 11.7 Å². The first-order valence-electron chi connectivity index (χ1n) is 9.16. The highest BCUT2D eigenvalue weighted by Crippen LogP contribution is 2.34. The van der Waals surface area contributed by atoms with Gasteiger partial charge in [-0.2, -0.15) is 5.10 Å². The number of carbonyl (C=O) groups is 1. The van der Waals surface area contributed by atoms with E-state index in [0.29, 0.717) is 5.69 Å². The number of amides is 1. The van der Waals surface area contributed by atoms with E-state index in [1.165, 1.54) is 10.9 Å². The molecule has 134 valence electrons. The van der Waals surface area contributed by atoms with E-state index in [0.717, 1.165) is 41.7 Å². The predicted octanol–water partition coefficient (Wildman–Crippen LogP) is 3.76. The van der Waals surface area contributed by atoms with Crippen LogP contribution in [-0.4, -0.2) is 26.1 Å². The van der Waals surface area contributed by atoms with Crippen LogP contribution in [0.1, 0.15) is 40.6 Å². The molecule has 1 aromatic carbocycles. The summed E-state index contributed by atoms with van der Waals surface area (Å²) in [5, 5.41) is 11.5. The summed E-state index contributed by atoms with van der Waals surface area (Å²) in [5.74, 6) is -0.140. The summed E-state index contributed by atoms with van der Waals surface area (Å²) in [6.07, 6.45) is 6.45. The van der Waals surface area contributed by atoms with Crippen LogP contribution in [0, 0.1) is 0 Å². The van der Waals surface area contributed by atoms with Gasteiger partial charge >= 0.3 is 0 Å². The molecule has 27 heavy (non-hydrogen) atoms. The number of aryl methyl sites for hydroxylation is 1.